The van der Waals surface area contributed by atoms with Gasteiger partial charge in [0, 0.05) is 39.3 Å². The van der Waals surface area contributed by atoms with Crippen molar-refractivity contribution in [2.24, 2.45) is 0 Å². The molecule has 0 N–H and O–H groups in total. The van der Waals surface area contributed by atoms with E-state index in [1.165, 1.54) is 24.0 Å². The molecule has 0 spiro atoms. The van der Waals surface area contributed by atoms with E-state index in [4.69, 9.17) is 4.74 Å². The fraction of sp³-hybridized carbons (Fsp3) is 0.684. The maximum atomic E-state index is 13.0. The van der Waals surface area contributed by atoms with Gasteiger partial charge < -0.3 is 4.74 Å². The Kier molecular flexibility index (Phi) is 5.13. The molecule has 1 aliphatic carbocycles. The van der Waals surface area contributed by atoms with E-state index in [1.807, 2.05) is 12.1 Å². The van der Waals surface area contributed by atoms with Crippen LogP contribution in [0.4, 0.5) is 0 Å². The minimum absolute atomic E-state index is 0.327. The second-order valence-electron chi connectivity index (χ2n) is 7.48. The van der Waals surface area contributed by atoms with E-state index in [0.717, 1.165) is 51.9 Å². The Morgan fingerprint density at radius 3 is 2.56 bits per heavy atom. The predicted octanol–water partition coefficient (Wildman–Crippen LogP) is 2.05. The monoisotopic (exact) mass is 364 g/mol. The summed E-state index contributed by atoms with van der Waals surface area (Å²) in [5, 5.41) is 0. The second kappa shape index (κ2) is 7.35. The zero-order valence-electron chi connectivity index (χ0n) is 14.8. The molecule has 2 aliphatic heterocycles. The van der Waals surface area contributed by atoms with Crippen LogP contribution in [-0.2, 0) is 27.6 Å². The van der Waals surface area contributed by atoms with Gasteiger partial charge in [0.1, 0.15) is 0 Å². The van der Waals surface area contributed by atoms with Crippen molar-refractivity contribution in [1.82, 2.24) is 9.21 Å². The van der Waals surface area contributed by atoms with Crippen molar-refractivity contribution in [2.75, 3.05) is 39.3 Å². The van der Waals surface area contributed by atoms with Gasteiger partial charge in [0.15, 0.2) is 0 Å². The molecule has 0 amide bonds. The van der Waals surface area contributed by atoms with Crippen molar-refractivity contribution in [3.63, 3.8) is 0 Å². The number of rotatable bonds is 4. The van der Waals surface area contributed by atoms with Crippen LogP contribution in [0.1, 0.15) is 36.8 Å². The first-order chi connectivity index (χ1) is 12.1. The molecule has 138 valence electrons. The average Bonchev–Trinajstić information content (AvgIpc) is 3.11. The van der Waals surface area contributed by atoms with Crippen molar-refractivity contribution in [3.05, 3.63) is 29.3 Å². The molecule has 0 bridgehead atoms. The van der Waals surface area contributed by atoms with E-state index < -0.39 is 10.0 Å². The number of hydrogen-bond donors (Lipinski definition) is 0. The fourth-order valence-corrected chi connectivity index (χ4v) is 5.72. The molecule has 2 saturated heterocycles. The normalized spacial score (nSPS) is 25.8. The van der Waals surface area contributed by atoms with Gasteiger partial charge in [0.05, 0.1) is 11.0 Å². The molecular formula is C19H28N2O3S. The molecule has 4 rings (SSSR count). The average molecular weight is 365 g/mol. The molecule has 6 heteroatoms. The van der Waals surface area contributed by atoms with Crippen molar-refractivity contribution in [2.45, 2.75) is 49.5 Å². The Bertz CT molecular complexity index is 705. The number of ether oxygens (including phenoxy) is 1. The van der Waals surface area contributed by atoms with Gasteiger partial charge in [-0.05, 0) is 61.8 Å². The van der Waals surface area contributed by atoms with Crippen molar-refractivity contribution in [1.29, 1.82) is 0 Å². The predicted molar refractivity (Wildman–Crippen MR) is 97.3 cm³/mol. The van der Waals surface area contributed by atoms with E-state index in [-0.39, 0.29) is 0 Å². The molecule has 25 heavy (non-hydrogen) atoms. The molecule has 0 aromatic heterocycles. The number of benzene rings is 1. The summed E-state index contributed by atoms with van der Waals surface area (Å²) in [7, 11) is -3.36. The van der Waals surface area contributed by atoms with Gasteiger partial charge in [0.2, 0.25) is 10.0 Å². The Morgan fingerprint density at radius 2 is 1.80 bits per heavy atom. The molecule has 1 aromatic carbocycles. The van der Waals surface area contributed by atoms with Crippen LogP contribution in [0.3, 0.4) is 0 Å². The van der Waals surface area contributed by atoms with Crippen LogP contribution in [0.25, 0.3) is 0 Å². The Hall–Kier alpha value is -0.950. The summed E-state index contributed by atoms with van der Waals surface area (Å²) in [6.07, 6.45) is 7.11. The highest BCUT2D eigenvalue weighted by Crippen LogP contribution is 2.27. The molecule has 1 aromatic rings. The minimum Gasteiger partial charge on any atom is -0.377 e. The molecule has 2 fully saturated rings. The van der Waals surface area contributed by atoms with E-state index in [2.05, 4.69) is 4.90 Å². The maximum absolute atomic E-state index is 13.0. The lowest BCUT2D eigenvalue weighted by molar-refractivity contribution is -0.0103. The number of sulfonamides is 1. The van der Waals surface area contributed by atoms with E-state index >= 15 is 0 Å². The summed E-state index contributed by atoms with van der Waals surface area (Å²) >= 11 is 0. The lowest BCUT2D eigenvalue weighted by Crippen LogP contribution is -2.50. The molecular weight excluding hydrogens is 336 g/mol. The molecule has 2 heterocycles. The largest absolute Gasteiger partial charge is 0.377 e. The quantitative estimate of drug-likeness (QED) is 0.821. The van der Waals surface area contributed by atoms with Crippen LogP contribution in [-0.4, -0.2) is 63.1 Å². The van der Waals surface area contributed by atoms with Gasteiger partial charge >= 0.3 is 0 Å². The van der Waals surface area contributed by atoms with Gasteiger partial charge in [-0.25, -0.2) is 8.42 Å². The number of fused-ring (bicyclic) bond motifs is 1. The first kappa shape index (κ1) is 17.5. The van der Waals surface area contributed by atoms with Crippen LogP contribution in [0.15, 0.2) is 23.1 Å². The summed E-state index contributed by atoms with van der Waals surface area (Å²) in [6, 6.07) is 5.70. The number of piperazine rings is 1. The Labute approximate surface area is 151 Å². The highest BCUT2D eigenvalue weighted by Gasteiger charge is 2.30. The molecule has 0 saturated carbocycles. The molecule has 0 unspecified atom stereocenters. The zero-order chi connectivity index (χ0) is 17.3. The smallest absolute Gasteiger partial charge is 0.243 e. The third-order valence-electron chi connectivity index (χ3n) is 5.77. The van der Waals surface area contributed by atoms with Crippen molar-refractivity contribution >= 4 is 10.0 Å². The summed E-state index contributed by atoms with van der Waals surface area (Å²) < 4.78 is 33.4. The first-order valence-corrected chi connectivity index (χ1v) is 11.0. The van der Waals surface area contributed by atoms with Crippen molar-refractivity contribution in [3.8, 4) is 0 Å². The van der Waals surface area contributed by atoms with E-state index in [9.17, 15) is 8.42 Å². The van der Waals surface area contributed by atoms with Crippen LogP contribution >= 0.6 is 0 Å². The summed E-state index contributed by atoms with van der Waals surface area (Å²) in [6.45, 7) is 4.55. The third-order valence-corrected chi connectivity index (χ3v) is 7.67. The lowest BCUT2D eigenvalue weighted by Gasteiger charge is -2.36. The van der Waals surface area contributed by atoms with Gasteiger partial charge in [-0.1, -0.05) is 6.07 Å². The van der Waals surface area contributed by atoms with Gasteiger partial charge in [-0.2, -0.15) is 4.31 Å². The highest BCUT2D eigenvalue weighted by molar-refractivity contribution is 7.89. The van der Waals surface area contributed by atoms with Crippen LogP contribution in [0.2, 0.25) is 0 Å². The number of nitrogens with zero attached hydrogens (tertiary/aromatic N) is 2. The maximum Gasteiger partial charge on any atom is 0.243 e. The zero-order valence-corrected chi connectivity index (χ0v) is 15.6. The van der Waals surface area contributed by atoms with E-state index in [1.54, 1.807) is 10.4 Å². The Morgan fingerprint density at radius 1 is 1.00 bits per heavy atom. The van der Waals surface area contributed by atoms with E-state index in [0.29, 0.717) is 24.1 Å². The van der Waals surface area contributed by atoms with Crippen LogP contribution < -0.4 is 0 Å². The van der Waals surface area contributed by atoms with Gasteiger partial charge in [0.25, 0.3) is 0 Å². The van der Waals surface area contributed by atoms with Gasteiger partial charge in [-0.3, -0.25) is 4.90 Å². The molecule has 1 atom stereocenters. The van der Waals surface area contributed by atoms with Crippen molar-refractivity contribution < 1.29 is 13.2 Å². The minimum atomic E-state index is -3.36. The fourth-order valence-electron chi connectivity index (χ4n) is 4.25. The Balaban J connectivity index is 1.37. The first-order valence-electron chi connectivity index (χ1n) is 9.59. The SMILES string of the molecule is O=S(=O)(c1ccc2c(c1)CCC2)N1CCN(C[C@@H]2CCCCO2)CC1. The molecule has 3 aliphatic rings. The second-order valence-corrected chi connectivity index (χ2v) is 9.42. The summed E-state index contributed by atoms with van der Waals surface area (Å²) in [5.41, 5.74) is 2.53. The summed E-state index contributed by atoms with van der Waals surface area (Å²) in [5.74, 6) is 0. The third kappa shape index (κ3) is 3.77. The molecule has 5 nitrogen and oxygen atoms in total. The van der Waals surface area contributed by atoms with Crippen LogP contribution in [0, 0.1) is 0 Å². The lowest BCUT2D eigenvalue weighted by atomic mass is 10.1. The number of hydrogen-bond acceptors (Lipinski definition) is 4. The topological polar surface area (TPSA) is 49.9 Å². The molecule has 0 radical (unpaired) electrons. The standard InChI is InChI=1S/C19H28N2O3S/c22-25(23,19-8-7-16-4-3-5-17(16)14-19)21-11-9-20(10-12-21)15-18-6-1-2-13-24-18/h7-8,14,18H,1-6,9-13,15H2/t18-/m0/s1. The van der Waals surface area contributed by atoms with Gasteiger partial charge in [-0.15, -0.1) is 0 Å². The van der Waals surface area contributed by atoms with Crippen LogP contribution in [0.5, 0.6) is 0 Å². The summed E-state index contributed by atoms with van der Waals surface area (Å²) in [4.78, 5) is 2.82. The highest BCUT2D eigenvalue weighted by atomic mass is 32.2. The number of aryl methyl sites for hydroxylation is 2.